The van der Waals surface area contributed by atoms with E-state index in [1.54, 1.807) is 0 Å². The molecule has 2 N–H and O–H groups in total. The number of hydrogen-bond donors (Lipinski definition) is 1. The molecule has 2 aromatic carbocycles. The molecule has 130 valence electrons. The van der Waals surface area contributed by atoms with E-state index < -0.39 is 0 Å². The van der Waals surface area contributed by atoms with Crippen molar-refractivity contribution in [1.29, 1.82) is 0 Å². The highest BCUT2D eigenvalue weighted by Crippen LogP contribution is 2.40. The van der Waals surface area contributed by atoms with Crippen LogP contribution in [0.25, 0.3) is 33.4 Å². The van der Waals surface area contributed by atoms with E-state index in [9.17, 15) is 0 Å². The molecule has 2 aromatic rings. The van der Waals surface area contributed by atoms with Crippen LogP contribution in [0.4, 0.5) is 5.69 Å². The molecule has 2 aliphatic rings. The normalized spacial score (nSPS) is 12.2. The lowest BCUT2D eigenvalue weighted by atomic mass is 9.92. The Balaban J connectivity index is 2.15. The molecule has 1 heterocycles. The van der Waals surface area contributed by atoms with Crippen molar-refractivity contribution < 1.29 is 4.42 Å². The Morgan fingerprint density at radius 3 is 2.42 bits per heavy atom. The van der Waals surface area contributed by atoms with Crippen LogP contribution in [0.1, 0.15) is 18.1 Å². The Hall–Kier alpha value is -3.07. The molecular weight excluding hydrogens is 320 g/mol. The summed E-state index contributed by atoms with van der Waals surface area (Å²) in [7, 11) is 0. The zero-order chi connectivity index (χ0) is 18.3. The SMILES string of the molecule is CCN=c1ccc2c(-c3cc(C)cc(C)c3)c3ccc(N)cc3oc-2c1. The molecule has 0 saturated carbocycles. The van der Waals surface area contributed by atoms with E-state index in [-0.39, 0.29) is 0 Å². The van der Waals surface area contributed by atoms with E-state index in [0.717, 1.165) is 34.2 Å². The van der Waals surface area contributed by atoms with E-state index in [2.05, 4.69) is 49.2 Å². The molecule has 0 atom stereocenters. The molecule has 0 aromatic heterocycles. The van der Waals surface area contributed by atoms with Gasteiger partial charge in [-0.15, -0.1) is 0 Å². The lowest BCUT2D eigenvalue weighted by Crippen LogP contribution is -2.03. The third-order valence-electron chi connectivity index (χ3n) is 4.58. The zero-order valence-electron chi connectivity index (χ0n) is 15.3. The number of rotatable bonds is 2. The Morgan fingerprint density at radius 1 is 0.923 bits per heavy atom. The van der Waals surface area contributed by atoms with E-state index in [1.807, 2.05) is 31.2 Å². The highest BCUT2D eigenvalue weighted by Gasteiger charge is 2.17. The second-order valence-electron chi connectivity index (χ2n) is 6.76. The van der Waals surface area contributed by atoms with Crippen LogP contribution in [0.3, 0.4) is 0 Å². The zero-order valence-corrected chi connectivity index (χ0v) is 15.3. The maximum Gasteiger partial charge on any atom is 0.137 e. The molecule has 1 aliphatic carbocycles. The molecule has 0 unspecified atom stereocenters. The third-order valence-corrected chi connectivity index (χ3v) is 4.58. The number of benzene rings is 3. The highest BCUT2D eigenvalue weighted by molar-refractivity contribution is 6.02. The highest BCUT2D eigenvalue weighted by atomic mass is 16.3. The fraction of sp³-hybridized carbons (Fsp3) is 0.174. The van der Waals surface area contributed by atoms with Gasteiger partial charge in [0.25, 0.3) is 0 Å². The summed E-state index contributed by atoms with van der Waals surface area (Å²) in [5, 5.41) is 2.00. The van der Waals surface area contributed by atoms with Gasteiger partial charge < -0.3 is 10.2 Å². The van der Waals surface area contributed by atoms with Gasteiger partial charge >= 0.3 is 0 Å². The van der Waals surface area contributed by atoms with Crippen LogP contribution in [0.2, 0.25) is 0 Å². The summed E-state index contributed by atoms with van der Waals surface area (Å²) >= 11 is 0. The maximum absolute atomic E-state index is 6.20. The number of nitrogens with zero attached hydrogens (tertiary/aromatic N) is 1. The van der Waals surface area contributed by atoms with Crippen molar-refractivity contribution in [2.45, 2.75) is 20.8 Å². The van der Waals surface area contributed by atoms with E-state index in [1.165, 1.54) is 22.3 Å². The van der Waals surface area contributed by atoms with Crippen LogP contribution < -0.4 is 11.1 Å². The summed E-state index contributed by atoms with van der Waals surface area (Å²) < 4.78 is 6.20. The number of aryl methyl sites for hydroxylation is 2. The van der Waals surface area contributed by atoms with Gasteiger partial charge in [-0.1, -0.05) is 29.3 Å². The summed E-state index contributed by atoms with van der Waals surface area (Å²) in [6.07, 6.45) is 0. The van der Waals surface area contributed by atoms with E-state index >= 15 is 0 Å². The molecule has 26 heavy (non-hydrogen) atoms. The molecule has 0 spiro atoms. The first-order chi connectivity index (χ1) is 12.5. The first-order valence-electron chi connectivity index (χ1n) is 8.90. The average Bonchev–Trinajstić information content (AvgIpc) is 2.58. The minimum absolute atomic E-state index is 0.696. The topological polar surface area (TPSA) is 51.5 Å². The van der Waals surface area contributed by atoms with Crippen molar-refractivity contribution in [3.63, 3.8) is 0 Å². The molecule has 0 radical (unpaired) electrons. The molecule has 0 amide bonds. The van der Waals surface area contributed by atoms with Gasteiger partial charge in [0.1, 0.15) is 11.3 Å². The number of hydrogen-bond acceptors (Lipinski definition) is 3. The van der Waals surface area contributed by atoms with Crippen LogP contribution in [0.15, 0.2) is 64.0 Å². The quantitative estimate of drug-likeness (QED) is 0.396. The van der Waals surface area contributed by atoms with Crippen molar-refractivity contribution in [2.75, 3.05) is 12.3 Å². The summed E-state index contributed by atoms with van der Waals surface area (Å²) in [6.45, 7) is 7.04. The Kier molecular flexibility index (Phi) is 4.00. The third kappa shape index (κ3) is 2.86. The van der Waals surface area contributed by atoms with Crippen LogP contribution in [0, 0.1) is 13.8 Å². The minimum Gasteiger partial charge on any atom is -0.456 e. The van der Waals surface area contributed by atoms with Crippen molar-refractivity contribution in [2.24, 2.45) is 4.99 Å². The summed E-state index contributed by atoms with van der Waals surface area (Å²) in [4.78, 5) is 4.50. The fourth-order valence-corrected chi connectivity index (χ4v) is 3.61. The number of nitrogens with two attached hydrogens (primary N) is 1. The summed E-state index contributed by atoms with van der Waals surface area (Å²) in [6, 6.07) is 18.7. The summed E-state index contributed by atoms with van der Waals surface area (Å²) in [5.74, 6) is 0.826. The van der Waals surface area contributed by atoms with Crippen molar-refractivity contribution in [1.82, 2.24) is 0 Å². The predicted molar refractivity (Wildman–Crippen MR) is 108 cm³/mol. The molecule has 0 saturated heterocycles. The number of anilines is 1. The van der Waals surface area contributed by atoms with Crippen molar-refractivity contribution >= 4 is 16.7 Å². The van der Waals surface area contributed by atoms with Crippen LogP contribution >= 0.6 is 0 Å². The van der Waals surface area contributed by atoms with Crippen LogP contribution in [-0.4, -0.2) is 6.54 Å². The monoisotopic (exact) mass is 342 g/mol. The van der Waals surface area contributed by atoms with Gasteiger partial charge in [0, 0.05) is 40.9 Å². The Labute approximate surface area is 153 Å². The van der Waals surface area contributed by atoms with Gasteiger partial charge in [-0.2, -0.15) is 0 Å². The van der Waals surface area contributed by atoms with Gasteiger partial charge in [0.05, 0.1) is 5.36 Å². The van der Waals surface area contributed by atoms with Gasteiger partial charge in [0.15, 0.2) is 0 Å². The number of nitrogen functional groups attached to an aromatic ring is 1. The minimum atomic E-state index is 0.696. The van der Waals surface area contributed by atoms with Gasteiger partial charge in [-0.25, -0.2) is 0 Å². The van der Waals surface area contributed by atoms with Crippen molar-refractivity contribution in [3.8, 4) is 22.5 Å². The van der Waals surface area contributed by atoms with Crippen LogP contribution in [-0.2, 0) is 0 Å². The summed E-state index contributed by atoms with van der Waals surface area (Å²) in [5.41, 5.74) is 13.4. The fourth-order valence-electron chi connectivity index (χ4n) is 3.61. The van der Waals surface area contributed by atoms with Crippen LogP contribution in [0.5, 0.6) is 0 Å². The second kappa shape index (κ2) is 6.34. The maximum atomic E-state index is 6.20. The van der Waals surface area contributed by atoms with Gasteiger partial charge in [-0.3, -0.25) is 4.99 Å². The second-order valence-corrected chi connectivity index (χ2v) is 6.76. The standard InChI is InChI=1S/C23H22N2O/c1-4-25-18-6-8-20-22(13-18)26-21-12-17(24)5-7-19(21)23(20)16-10-14(2)9-15(3)11-16/h5-13H,4,24H2,1-3H3. The molecule has 0 bridgehead atoms. The lowest BCUT2D eigenvalue weighted by Gasteiger charge is -2.16. The molecule has 1 aliphatic heterocycles. The van der Waals surface area contributed by atoms with Crippen molar-refractivity contribution in [3.05, 3.63) is 71.1 Å². The van der Waals surface area contributed by atoms with Gasteiger partial charge in [-0.05, 0) is 50.6 Å². The first-order valence-corrected chi connectivity index (χ1v) is 8.90. The molecule has 3 heteroatoms. The molecule has 4 rings (SSSR count). The molecule has 3 nitrogen and oxygen atoms in total. The Morgan fingerprint density at radius 2 is 1.69 bits per heavy atom. The molecule has 0 fully saturated rings. The first kappa shape index (κ1) is 16.4. The largest absolute Gasteiger partial charge is 0.456 e. The smallest absolute Gasteiger partial charge is 0.137 e. The Bertz CT molecular complexity index is 1130. The average molecular weight is 342 g/mol. The lowest BCUT2D eigenvalue weighted by molar-refractivity contribution is 0.619. The van der Waals surface area contributed by atoms with E-state index in [0.29, 0.717) is 5.69 Å². The predicted octanol–water partition coefficient (Wildman–Crippen LogP) is 5.32. The number of fused-ring (bicyclic) bond motifs is 2. The van der Waals surface area contributed by atoms with E-state index in [4.69, 9.17) is 10.2 Å². The van der Waals surface area contributed by atoms with Gasteiger partial charge in [0.2, 0.25) is 0 Å². The molecular formula is C23H22N2O.